The van der Waals surface area contributed by atoms with Crippen LogP contribution in [0.25, 0.3) is 0 Å². The molecule has 4 N–H and O–H groups in total. The summed E-state index contributed by atoms with van der Waals surface area (Å²) in [6.45, 7) is 10.2. The number of halogens is 1. The van der Waals surface area contributed by atoms with Crippen molar-refractivity contribution in [3.63, 3.8) is 0 Å². The van der Waals surface area contributed by atoms with E-state index >= 15 is 0 Å². The fourth-order valence-corrected chi connectivity index (χ4v) is 7.48. The molecule has 12 nitrogen and oxygen atoms in total. The number of rotatable bonds is 17. The largest absolute Gasteiger partial charge is 0.332 e. The number of carbonyl (C=O) groups is 2. The zero-order chi connectivity index (χ0) is 40.3. The Bertz CT molecular complexity index is 1790. The molecule has 0 bridgehead atoms. The summed E-state index contributed by atoms with van der Waals surface area (Å²) in [4.78, 5) is 48.6. The fourth-order valence-electron chi connectivity index (χ4n) is 6.61. The second kappa shape index (κ2) is 20.3. The van der Waals surface area contributed by atoms with Gasteiger partial charge in [0.1, 0.15) is 12.0 Å². The molecule has 2 amide bonds. The first kappa shape index (κ1) is 44.5. The minimum atomic E-state index is -0.484. The van der Waals surface area contributed by atoms with E-state index in [9.17, 15) is 14.1 Å². The average Bonchev–Trinajstić information content (AvgIpc) is 3.60. The van der Waals surface area contributed by atoms with Gasteiger partial charge in [0.15, 0.2) is 0 Å². The van der Waals surface area contributed by atoms with Crippen molar-refractivity contribution in [2.75, 3.05) is 59.5 Å². The van der Waals surface area contributed by atoms with Crippen LogP contribution in [0.3, 0.4) is 0 Å². The summed E-state index contributed by atoms with van der Waals surface area (Å²) in [6, 6.07) is 0. The lowest BCUT2D eigenvalue weighted by Crippen LogP contribution is -2.78. The number of fused-ring (bicyclic) bond motifs is 1. The Kier molecular flexibility index (Phi) is 16.4. The Hall–Kier alpha value is -3.21. The summed E-state index contributed by atoms with van der Waals surface area (Å²) in [6.07, 6.45) is 19.8. The summed E-state index contributed by atoms with van der Waals surface area (Å²) in [7, 11) is 6.09. The number of nitrogens with zero attached hydrogens (tertiary/aromatic N) is 5. The first-order chi connectivity index (χ1) is 26.2. The van der Waals surface area contributed by atoms with Gasteiger partial charge in [-0.15, -0.1) is 0 Å². The third-order valence-corrected chi connectivity index (χ3v) is 11.8. The van der Waals surface area contributed by atoms with Crippen molar-refractivity contribution in [3.8, 4) is 0 Å². The summed E-state index contributed by atoms with van der Waals surface area (Å²) in [5.41, 5.74) is 5.92. The van der Waals surface area contributed by atoms with Gasteiger partial charge < -0.3 is 19.3 Å². The van der Waals surface area contributed by atoms with Crippen LogP contribution in [0.15, 0.2) is 103 Å². The van der Waals surface area contributed by atoms with E-state index in [1.165, 1.54) is 24.3 Å². The second-order valence-corrected chi connectivity index (χ2v) is 16.4. The Morgan fingerprint density at radius 2 is 1.73 bits per heavy atom. The highest BCUT2D eigenvalue weighted by Gasteiger charge is 2.41. The molecule has 0 saturated heterocycles. The average molecular weight is 817 g/mol. The van der Waals surface area contributed by atoms with Gasteiger partial charge in [0, 0.05) is 71.9 Å². The van der Waals surface area contributed by atoms with Gasteiger partial charge in [-0.25, -0.2) is 15.1 Å². The summed E-state index contributed by atoms with van der Waals surface area (Å²) < 4.78 is 18.3. The predicted molar refractivity (Wildman–Crippen MR) is 224 cm³/mol. The number of likely N-dealkylation sites (N-methyl/N-ethyl adjacent to an activating group) is 2. The van der Waals surface area contributed by atoms with Crippen LogP contribution in [0.4, 0.5) is 0 Å². The van der Waals surface area contributed by atoms with E-state index in [0.717, 1.165) is 101 Å². The molecule has 300 valence electrons. The molecule has 0 aromatic carbocycles. The monoisotopic (exact) mass is 815 g/mol. The molecular formula is C40H56ClN6O6S2+. The van der Waals surface area contributed by atoms with Crippen LogP contribution in [0.1, 0.15) is 59.8 Å². The summed E-state index contributed by atoms with van der Waals surface area (Å²) >= 11 is 8.71. The van der Waals surface area contributed by atoms with Gasteiger partial charge in [-0.2, -0.15) is 0 Å². The number of carbonyl (C=O) groups excluding carboxylic acids is 2. The number of amides is 2. The Morgan fingerprint density at radius 1 is 1.02 bits per heavy atom. The number of amidine groups is 1. The lowest BCUT2D eigenvalue weighted by Gasteiger charge is -2.31. The number of hydroxylamine groups is 4. The van der Waals surface area contributed by atoms with Crippen LogP contribution in [-0.4, -0.2) is 107 Å². The molecule has 55 heavy (non-hydrogen) atoms. The van der Waals surface area contributed by atoms with Gasteiger partial charge in [0.25, 0.3) is 11.8 Å². The van der Waals surface area contributed by atoms with E-state index in [1.54, 1.807) is 14.1 Å². The molecule has 0 saturated carbocycles. The molecule has 4 aliphatic rings. The zero-order valence-corrected chi connectivity index (χ0v) is 35.6. The molecular weight excluding hydrogens is 760 g/mol. The van der Waals surface area contributed by atoms with Crippen LogP contribution in [0, 0.1) is 10.8 Å². The predicted octanol–water partition coefficient (Wildman–Crippen LogP) is 6.68. The highest BCUT2D eigenvalue weighted by Crippen LogP contribution is 2.46. The van der Waals surface area contributed by atoms with Crippen LogP contribution in [0.2, 0.25) is 0 Å². The highest BCUT2D eigenvalue weighted by atomic mass is 35.5. The van der Waals surface area contributed by atoms with Gasteiger partial charge in [-0.3, -0.25) is 24.3 Å². The lowest BCUT2D eigenvalue weighted by atomic mass is 9.80. The number of nitrogens with two attached hydrogens (primary N) is 1. The number of aliphatic imine (C=N–C) groups is 2. The van der Waals surface area contributed by atoms with E-state index in [0.29, 0.717) is 42.2 Å². The maximum Gasteiger partial charge on any atom is 0.282 e. The molecule has 0 aromatic heterocycles. The second-order valence-electron chi connectivity index (χ2n) is 14.7. The molecule has 4 rings (SSSR count). The van der Waals surface area contributed by atoms with Crippen LogP contribution < -0.4 is 5.32 Å². The smallest absolute Gasteiger partial charge is 0.282 e. The highest BCUT2D eigenvalue weighted by molar-refractivity contribution is 7.93. The van der Waals surface area contributed by atoms with Crippen molar-refractivity contribution in [3.05, 3.63) is 93.0 Å². The maximum atomic E-state index is 13.1. The van der Waals surface area contributed by atoms with Crippen molar-refractivity contribution in [1.29, 1.82) is 0 Å². The quantitative estimate of drug-likeness (QED) is 0.0634. The van der Waals surface area contributed by atoms with Crippen molar-refractivity contribution >= 4 is 59.0 Å². The van der Waals surface area contributed by atoms with Gasteiger partial charge in [0.05, 0.1) is 44.2 Å². The van der Waals surface area contributed by atoms with Gasteiger partial charge in [-0.05, 0) is 90.8 Å². The Labute approximate surface area is 339 Å². The minimum Gasteiger partial charge on any atom is -0.332 e. The van der Waals surface area contributed by atoms with E-state index < -0.39 is 10.8 Å². The van der Waals surface area contributed by atoms with Crippen molar-refractivity contribution in [2.24, 2.45) is 20.8 Å². The van der Waals surface area contributed by atoms with E-state index in [-0.39, 0.29) is 11.8 Å². The van der Waals surface area contributed by atoms with Gasteiger partial charge in [0.2, 0.25) is 0 Å². The third kappa shape index (κ3) is 10.8. The molecule has 3 aliphatic heterocycles. The van der Waals surface area contributed by atoms with E-state index in [2.05, 4.69) is 39.8 Å². The van der Waals surface area contributed by atoms with Crippen LogP contribution >= 0.6 is 35.7 Å². The lowest BCUT2D eigenvalue weighted by molar-refractivity contribution is -0.588. The SMILES string of the molecule is CON(C)C(=O)C1=CN(CCCSO)C2=N/C(=C/C=C3\CCCC(/C=C/C4=NC/C(=C\C(=C/[NH2+]CCCSO)C(=O)N(C)OC)C4(C)C)=C3Cl)C(C)(C)C2=C1. The number of quaternary nitrogens is 1. The summed E-state index contributed by atoms with van der Waals surface area (Å²) in [5.74, 6) is 1.49. The van der Waals surface area contributed by atoms with Crippen molar-refractivity contribution in [2.45, 2.75) is 59.8 Å². The van der Waals surface area contributed by atoms with Crippen LogP contribution in [0.5, 0.6) is 0 Å². The molecule has 15 heteroatoms. The molecule has 0 fully saturated rings. The first-order valence-corrected chi connectivity index (χ1v) is 20.7. The minimum absolute atomic E-state index is 0.250. The van der Waals surface area contributed by atoms with Crippen molar-refractivity contribution in [1.82, 2.24) is 15.0 Å². The molecule has 0 aromatic rings. The third-order valence-electron chi connectivity index (χ3n) is 10.3. The molecule has 0 radical (unpaired) electrons. The first-order valence-electron chi connectivity index (χ1n) is 18.5. The van der Waals surface area contributed by atoms with E-state index in [1.807, 2.05) is 46.9 Å². The Balaban J connectivity index is 1.57. The molecule has 1 aliphatic carbocycles. The molecule has 0 unspecified atom stereocenters. The number of hydrogen-bond acceptors (Lipinski definition) is 11. The Morgan fingerprint density at radius 3 is 2.42 bits per heavy atom. The standard InChI is InChI=1S/C40H55ClN6O6S2/c1-39(2)31(22-29(37(48)45(5)52-7)24-42-18-10-20-54-50)25-43-33(39)16-14-27-12-9-13-28(35(27)41)15-17-34-40(3,4)32-23-30(38(49)46(6)53-8)26-47(36(32)44-34)19-11-21-55-51/h14-17,22-24,26,42,50-51H,9-13,18-21,25H2,1-8H3/p+1/b16-14+,28-15+,29-24+,31-22+,34-17+. The maximum absolute atomic E-state index is 13.1. The van der Waals surface area contributed by atoms with Crippen molar-refractivity contribution < 1.29 is 33.7 Å². The normalized spacial score (nSPS) is 21.7. The number of allylic oxidation sites excluding steroid dienone is 8. The van der Waals surface area contributed by atoms with Crippen LogP contribution in [-0.2, 0) is 19.3 Å². The zero-order valence-electron chi connectivity index (χ0n) is 33.2. The fraction of sp³-hybridized carbons (Fsp3) is 0.500. The topological polar surface area (TPSA) is 144 Å². The van der Waals surface area contributed by atoms with Gasteiger partial charge in [-0.1, -0.05) is 51.4 Å². The summed E-state index contributed by atoms with van der Waals surface area (Å²) in [5, 5.41) is 5.09. The molecule has 0 spiro atoms. The van der Waals surface area contributed by atoms with E-state index in [4.69, 9.17) is 35.8 Å². The van der Waals surface area contributed by atoms with Gasteiger partial charge >= 0.3 is 0 Å². The number of hydrogen-bond donors (Lipinski definition) is 3. The molecule has 0 atom stereocenters. The molecule has 3 heterocycles.